The molecule has 0 bridgehead atoms. The minimum Gasteiger partial charge on any atom is -0.490 e. The molecule has 1 aliphatic rings. The van der Waals surface area contributed by atoms with Gasteiger partial charge in [-0.25, -0.2) is 14.3 Å². The summed E-state index contributed by atoms with van der Waals surface area (Å²) in [7, 11) is 1.60. The Balaban J connectivity index is 1.81. The third-order valence-corrected chi connectivity index (χ3v) is 4.04. The molecular formula is C16H14N4O4. The molecule has 3 heterocycles. The third kappa shape index (κ3) is 2.11. The average Bonchev–Trinajstić information content (AvgIpc) is 2.87. The average molecular weight is 326 g/mol. The van der Waals surface area contributed by atoms with Gasteiger partial charge in [0, 0.05) is 25.0 Å². The van der Waals surface area contributed by atoms with Gasteiger partial charge in [-0.2, -0.15) is 5.10 Å². The lowest BCUT2D eigenvalue weighted by atomic mass is 10.1. The first-order valence-corrected chi connectivity index (χ1v) is 7.38. The van der Waals surface area contributed by atoms with E-state index in [0.29, 0.717) is 24.5 Å². The molecule has 3 aromatic rings. The van der Waals surface area contributed by atoms with Crippen LogP contribution in [0.4, 0.5) is 11.4 Å². The molecule has 0 amide bonds. The fourth-order valence-electron chi connectivity index (χ4n) is 2.86. The summed E-state index contributed by atoms with van der Waals surface area (Å²) in [5.41, 5.74) is 2.18. The Bertz CT molecular complexity index is 1020. The molecule has 0 radical (unpaired) electrons. The summed E-state index contributed by atoms with van der Waals surface area (Å²) in [6.07, 6.45) is 1.68. The molecule has 24 heavy (non-hydrogen) atoms. The van der Waals surface area contributed by atoms with Crippen LogP contribution < -0.4 is 15.3 Å². The van der Waals surface area contributed by atoms with E-state index >= 15 is 0 Å². The maximum Gasteiger partial charge on any atom is 0.350 e. The Kier molecular flexibility index (Phi) is 3.05. The van der Waals surface area contributed by atoms with Crippen LogP contribution in [0, 0.1) is 0 Å². The number of carboxylic acids is 1. The number of aromatic nitrogens is 3. The quantitative estimate of drug-likeness (QED) is 0.763. The maximum atomic E-state index is 11.9. The molecule has 8 heteroatoms. The van der Waals surface area contributed by atoms with Crippen molar-refractivity contribution in [2.24, 2.45) is 7.05 Å². The molecule has 0 spiro atoms. The molecule has 122 valence electrons. The highest BCUT2D eigenvalue weighted by Gasteiger charge is 2.21. The van der Waals surface area contributed by atoms with Crippen LogP contribution in [-0.2, 0) is 7.05 Å². The number of carboxylic acid groups (broad SMARTS) is 1. The first kappa shape index (κ1) is 14.3. The molecule has 0 aliphatic carbocycles. The van der Waals surface area contributed by atoms with E-state index in [1.165, 1.54) is 15.1 Å². The highest BCUT2D eigenvalue weighted by atomic mass is 16.5. The van der Waals surface area contributed by atoms with E-state index in [1.54, 1.807) is 25.4 Å². The summed E-state index contributed by atoms with van der Waals surface area (Å²) < 4.78 is 8.35. The van der Waals surface area contributed by atoms with Gasteiger partial charge in [0.15, 0.2) is 5.65 Å². The number of ether oxygens (including phenoxy) is 1. The Morgan fingerprint density at radius 3 is 2.92 bits per heavy atom. The second-order valence-electron chi connectivity index (χ2n) is 5.51. The summed E-state index contributed by atoms with van der Waals surface area (Å²) in [6, 6.07) is 8.45. The van der Waals surface area contributed by atoms with E-state index in [9.17, 15) is 9.59 Å². The fraction of sp³-hybridized carbons (Fsp3) is 0.188. The molecule has 1 aromatic carbocycles. The van der Waals surface area contributed by atoms with Crippen molar-refractivity contribution in [3.8, 4) is 5.75 Å². The minimum atomic E-state index is -0.993. The van der Waals surface area contributed by atoms with Crippen LogP contribution in [0.3, 0.4) is 0 Å². The SMILES string of the molecule is Cn1nc2cc(N3CCOc4cc(C(=O)O)ccc43)ccn2c1=O. The Hall–Kier alpha value is -3.29. The molecule has 0 atom stereocenters. The molecule has 2 aromatic heterocycles. The van der Waals surface area contributed by atoms with E-state index in [4.69, 9.17) is 9.84 Å². The molecule has 1 N–H and O–H groups in total. The number of benzene rings is 1. The van der Waals surface area contributed by atoms with Crippen LogP contribution in [0.5, 0.6) is 5.75 Å². The number of aryl methyl sites for hydroxylation is 1. The van der Waals surface area contributed by atoms with Crippen molar-refractivity contribution in [1.29, 1.82) is 0 Å². The molecule has 0 unspecified atom stereocenters. The topological polar surface area (TPSA) is 89.1 Å². The van der Waals surface area contributed by atoms with Crippen molar-refractivity contribution >= 4 is 23.0 Å². The van der Waals surface area contributed by atoms with Gasteiger partial charge in [0.05, 0.1) is 17.8 Å². The Labute approximate surface area is 136 Å². The second-order valence-corrected chi connectivity index (χ2v) is 5.51. The number of fused-ring (bicyclic) bond motifs is 2. The van der Waals surface area contributed by atoms with Crippen molar-refractivity contribution in [2.45, 2.75) is 0 Å². The fourth-order valence-corrected chi connectivity index (χ4v) is 2.86. The molecule has 0 saturated carbocycles. The zero-order chi connectivity index (χ0) is 16.8. The third-order valence-electron chi connectivity index (χ3n) is 4.04. The monoisotopic (exact) mass is 326 g/mol. The number of hydrogen-bond donors (Lipinski definition) is 1. The zero-order valence-electron chi connectivity index (χ0n) is 12.8. The van der Waals surface area contributed by atoms with Crippen molar-refractivity contribution < 1.29 is 14.6 Å². The largest absolute Gasteiger partial charge is 0.490 e. The highest BCUT2D eigenvalue weighted by Crippen LogP contribution is 2.37. The van der Waals surface area contributed by atoms with Crippen LogP contribution in [0.2, 0.25) is 0 Å². The standard InChI is InChI=1S/C16H14N4O4/c1-18-16(23)20-5-4-11(9-14(20)17-18)19-6-7-24-13-8-10(15(21)22)2-3-12(13)19/h2-5,8-9H,6-7H2,1H3,(H,21,22). The lowest BCUT2D eigenvalue weighted by Crippen LogP contribution is -2.29. The minimum absolute atomic E-state index is 0.183. The normalized spacial score (nSPS) is 13.6. The van der Waals surface area contributed by atoms with Crippen molar-refractivity contribution in [3.05, 3.63) is 52.6 Å². The molecular weight excluding hydrogens is 312 g/mol. The van der Waals surface area contributed by atoms with E-state index < -0.39 is 5.97 Å². The Morgan fingerprint density at radius 2 is 2.12 bits per heavy atom. The van der Waals surface area contributed by atoms with Crippen molar-refractivity contribution in [1.82, 2.24) is 14.2 Å². The van der Waals surface area contributed by atoms with Gasteiger partial charge in [0.2, 0.25) is 0 Å². The van der Waals surface area contributed by atoms with E-state index in [-0.39, 0.29) is 11.3 Å². The van der Waals surface area contributed by atoms with Crippen LogP contribution in [-0.4, -0.2) is 38.4 Å². The molecule has 1 aliphatic heterocycles. The predicted molar refractivity (Wildman–Crippen MR) is 86.3 cm³/mol. The number of rotatable bonds is 2. The van der Waals surface area contributed by atoms with E-state index in [2.05, 4.69) is 5.10 Å². The number of carbonyl (C=O) groups is 1. The van der Waals surface area contributed by atoms with Gasteiger partial charge in [0.1, 0.15) is 12.4 Å². The van der Waals surface area contributed by atoms with Gasteiger partial charge in [-0.15, -0.1) is 0 Å². The predicted octanol–water partition coefficient (Wildman–Crippen LogP) is 1.26. The molecule has 4 rings (SSSR count). The number of hydrogen-bond acceptors (Lipinski definition) is 5. The van der Waals surface area contributed by atoms with Gasteiger partial charge >= 0.3 is 11.7 Å². The summed E-state index contributed by atoms with van der Waals surface area (Å²) in [5.74, 6) is -0.466. The maximum absolute atomic E-state index is 11.9. The number of pyridine rings is 1. The first-order valence-electron chi connectivity index (χ1n) is 7.38. The summed E-state index contributed by atoms with van der Waals surface area (Å²) >= 11 is 0. The molecule has 0 saturated heterocycles. The summed E-state index contributed by atoms with van der Waals surface area (Å²) in [6.45, 7) is 1.06. The van der Waals surface area contributed by atoms with Crippen molar-refractivity contribution in [3.63, 3.8) is 0 Å². The van der Waals surface area contributed by atoms with Gasteiger partial charge in [0.25, 0.3) is 0 Å². The smallest absolute Gasteiger partial charge is 0.350 e. The summed E-state index contributed by atoms with van der Waals surface area (Å²) in [4.78, 5) is 25.0. The lowest BCUT2D eigenvalue weighted by Gasteiger charge is -2.31. The number of aromatic carboxylic acids is 1. The molecule has 0 fully saturated rings. The molecule has 8 nitrogen and oxygen atoms in total. The Morgan fingerprint density at radius 1 is 1.29 bits per heavy atom. The number of anilines is 2. The van der Waals surface area contributed by atoms with Crippen molar-refractivity contribution in [2.75, 3.05) is 18.1 Å². The second kappa shape index (κ2) is 5.12. The van der Waals surface area contributed by atoms with Crippen LogP contribution >= 0.6 is 0 Å². The van der Waals surface area contributed by atoms with Gasteiger partial charge in [-0.05, 0) is 24.3 Å². The van der Waals surface area contributed by atoms with E-state index in [0.717, 1.165) is 11.4 Å². The van der Waals surface area contributed by atoms with Crippen LogP contribution in [0.25, 0.3) is 5.65 Å². The van der Waals surface area contributed by atoms with Gasteiger partial charge < -0.3 is 14.7 Å². The summed E-state index contributed by atoms with van der Waals surface area (Å²) in [5, 5.41) is 13.3. The van der Waals surface area contributed by atoms with Gasteiger partial charge in [-0.3, -0.25) is 4.40 Å². The highest BCUT2D eigenvalue weighted by molar-refractivity contribution is 5.89. The first-order chi connectivity index (χ1) is 11.5. The lowest BCUT2D eigenvalue weighted by molar-refractivity contribution is 0.0696. The van der Waals surface area contributed by atoms with Gasteiger partial charge in [-0.1, -0.05) is 0 Å². The van der Waals surface area contributed by atoms with Crippen LogP contribution in [0.1, 0.15) is 10.4 Å². The number of nitrogens with zero attached hydrogens (tertiary/aromatic N) is 4. The van der Waals surface area contributed by atoms with Crippen LogP contribution in [0.15, 0.2) is 41.3 Å². The van der Waals surface area contributed by atoms with E-state index in [1.807, 2.05) is 17.0 Å². The zero-order valence-corrected chi connectivity index (χ0v) is 12.8.